The largest absolute Gasteiger partial charge is 0.416 e. The van der Waals surface area contributed by atoms with Gasteiger partial charge < -0.3 is 14.8 Å². The highest BCUT2D eigenvalue weighted by Gasteiger charge is 2.29. The molecule has 3 rings (SSSR count). The summed E-state index contributed by atoms with van der Waals surface area (Å²) in [5.74, 6) is 5.55. The van der Waals surface area contributed by atoms with E-state index < -0.39 is 24.8 Å². The van der Waals surface area contributed by atoms with Gasteiger partial charge in [-0.3, -0.25) is 4.57 Å². The van der Waals surface area contributed by atoms with Crippen molar-refractivity contribution < 1.29 is 27.5 Å². The van der Waals surface area contributed by atoms with Gasteiger partial charge in [0.2, 0.25) is 0 Å². The monoisotopic (exact) mass is 446 g/mol. The number of rotatable bonds is 3. The number of H-pyrrole nitrogens is 1. The number of aromatic amines is 1. The number of halogens is 4. The molecule has 0 unspecified atom stereocenters. The maximum Gasteiger partial charge on any atom is 0.416 e. The Morgan fingerprint density at radius 1 is 1.18 bits per heavy atom. The van der Waals surface area contributed by atoms with Gasteiger partial charge in [0.25, 0.3) is 0 Å². The summed E-state index contributed by atoms with van der Waals surface area (Å²) >= 11 is 7.06. The number of alkyl halides is 3. The van der Waals surface area contributed by atoms with E-state index in [1.165, 1.54) is 12.1 Å². The predicted octanol–water partition coefficient (Wildman–Crippen LogP) is 4.86. The second-order valence-electron chi connectivity index (χ2n) is 5.65. The molecule has 146 valence electrons. The number of hydrogen-bond donors (Lipinski definition) is 3. The highest BCUT2D eigenvalue weighted by molar-refractivity contribution is 8.04. The third-order valence-corrected chi connectivity index (χ3v) is 6.11. The van der Waals surface area contributed by atoms with E-state index in [2.05, 4.69) is 21.8 Å². The summed E-state index contributed by atoms with van der Waals surface area (Å²) in [6, 6.07) is 7.61. The highest BCUT2D eigenvalue weighted by atomic mass is 35.5. The maximum atomic E-state index is 12.6. The van der Waals surface area contributed by atoms with Crippen LogP contribution in [0.5, 0.6) is 0 Å². The first-order valence-corrected chi connectivity index (χ1v) is 10.7. The fraction of sp³-hybridized carbons (Fsp3) is 0.118. The van der Waals surface area contributed by atoms with Crippen LogP contribution in [0.1, 0.15) is 16.7 Å². The van der Waals surface area contributed by atoms with Gasteiger partial charge in [-0.2, -0.15) is 13.2 Å². The Morgan fingerprint density at radius 2 is 1.86 bits per heavy atom. The molecule has 0 atom stereocenters. The molecule has 28 heavy (non-hydrogen) atoms. The van der Waals surface area contributed by atoms with Crippen molar-refractivity contribution in [2.75, 3.05) is 5.49 Å². The lowest BCUT2D eigenvalue weighted by Gasteiger charge is -2.05. The normalized spacial score (nSPS) is 12.1. The quantitative estimate of drug-likeness (QED) is 0.304. The summed E-state index contributed by atoms with van der Waals surface area (Å²) in [6.45, 7) is 0. The molecule has 0 aliphatic carbocycles. The van der Waals surface area contributed by atoms with E-state index >= 15 is 0 Å². The van der Waals surface area contributed by atoms with Crippen LogP contribution in [0.3, 0.4) is 0 Å². The van der Waals surface area contributed by atoms with Gasteiger partial charge in [0.1, 0.15) is 5.49 Å². The third kappa shape index (κ3) is 5.31. The molecule has 1 heterocycles. The van der Waals surface area contributed by atoms with Gasteiger partial charge in [-0.05, 0) is 36.4 Å². The van der Waals surface area contributed by atoms with E-state index in [4.69, 9.17) is 21.4 Å². The maximum absolute atomic E-state index is 12.6. The molecule has 1 aromatic heterocycles. The fourth-order valence-corrected chi connectivity index (χ4v) is 3.92. The van der Waals surface area contributed by atoms with Crippen molar-refractivity contribution in [2.45, 2.75) is 11.3 Å². The number of imidazole rings is 1. The van der Waals surface area contributed by atoms with E-state index in [1.54, 1.807) is 12.1 Å². The van der Waals surface area contributed by atoms with E-state index in [1.807, 2.05) is 0 Å². The molecule has 0 saturated carbocycles. The van der Waals surface area contributed by atoms with Gasteiger partial charge in [-0.25, -0.2) is 4.98 Å². The Labute approximate surface area is 166 Å². The Morgan fingerprint density at radius 3 is 2.46 bits per heavy atom. The summed E-state index contributed by atoms with van der Waals surface area (Å²) in [7, 11) is -4.17. The Balaban J connectivity index is 1.85. The second kappa shape index (κ2) is 7.82. The van der Waals surface area contributed by atoms with Gasteiger partial charge in [-0.1, -0.05) is 35.2 Å². The van der Waals surface area contributed by atoms with Crippen molar-refractivity contribution in [3.63, 3.8) is 0 Å². The van der Waals surface area contributed by atoms with Gasteiger partial charge in [0.15, 0.2) is 5.16 Å². The Kier molecular flexibility index (Phi) is 5.80. The van der Waals surface area contributed by atoms with Gasteiger partial charge >= 0.3 is 13.8 Å². The van der Waals surface area contributed by atoms with E-state index in [9.17, 15) is 17.7 Å². The Hall–Kier alpha value is -1.95. The average Bonchev–Trinajstić information content (AvgIpc) is 2.98. The first-order valence-electron chi connectivity index (χ1n) is 7.57. The molecule has 0 radical (unpaired) electrons. The first kappa shape index (κ1) is 20.8. The molecule has 0 amide bonds. The average molecular weight is 447 g/mol. The molecule has 0 aliphatic rings. The molecule has 3 aromatic rings. The van der Waals surface area contributed by atoms with Crippen molar-refractivity contribution in [1.82, 2.24) is 9.97 Å². The van der Waals surface area contributed by atoms with Gasteiger partial charge in [0, 0.05) is 11.1 Å². The summed E-state index contributed by atoms with van der Waals surface area (Å²) in [5, 5.41) is 0.629. The zero-order chi connectivity index (χ0) is 20.5. The number of fused-ring (bicyclic) bond motifs is 1. The topological polar surface area (TPSA) is 86.2 Å². The van der Waals surface area contributed by atoms with Crippen LogP contribution >= 0.6 is 31.0 Å². The lowest BCUT2D eigenvalue weighted by atomic mass is 10.1. The number of nitrogens with zero attached hydrogens (tertiary/aromatic N) is 1. The van der Waals surface area contributed by atoms with Crippen molar-refractivity contribution in [3.8, 4) is 11.8 Å². The zero-order valence-electron chi connectivity index (χ0n) is 13.8. The molecule has 2 aromatic carbocycles. The van der Waals surface area contributed by atoms with Crippen molar-refractivity contribution in [2.24, 2.45) is 0 Å². The van der Waals surface area contributed by atoms with Crippen LogP contribution in [0.25, 0.3) is 11.0 Å². The minimum atomic E-state index is -4.41. The lowest BCUT2D eigenvalue weighted by molar-refractivity contribution is -0.137. The molecular formula is C17H11ClF3N2O3PS. The van der Waals surface area contributed by atoms with E-state index in [-0.39, 0.29) is 0 Å². The molecule has 5 nitrogen and oxygen atoms in total. The summed E-state index contributed by atoms with van der Waals surface area (Å²) in [5.41, 5.74) is 0.708. The van der Waals surface area contributed by atoms with Crippen molar-refractivity contribution in [1.29, 1.82) is 0 Å². The molecular weight excluding hydrogens is 436 g/mol. The number of nitrogens with one attached hydrogen (secondary N) is 1. The third-order valence-electron chi connectivity index (χ3n) is 3.47. The summed E-state index contributed by atoms with van der Waals surface area (Å²) < 4.78 is 48.7. The van der Waals surface area contributed by atoms with Crippen LogP contribution in [-0.4, -0.2) is 25.2 Å². The highest BCUT2D eigenvalue weighted by Crippen LogP contribution is 2.41. The molecule has 3 N–H and O–H groups in total. The SMILES string of the molecule is O=P(O)(O)CSc1nc2cc(C#Cc3ccc(C(F)(F)F)cc3)c(Cl)cc2[nH]1. The number of thioether (sulfide) groups is 1. The molecule has 0 aliphatic heterocycles. The van der Waals surface area contributed by atoms with Gasteiger partial charge in [-0.15, -0.1) is 0 Å². The van der Waals surface area contributed by atoms with E-state index in [0.717, 1.165) is 23.9 Å². The van der Waals surface area contributed by atoms with Crippen LogP contribution in [0, 0.1) is 11.8 Å². The second-order valence-corrected chi connectivity index (χ2v) is 9.10. The van der Waals surface area contributed by atoms with Crippen LogP contribution < -0.4 is 0 Å². The fourth-order valence-electron chi connectivity index (χ4n) is 2.20. The number of benzene rings is 2. The standard InChI is InChI=1S/C17H11ClF3N2O3PS/c18-13-8-15-14(22-16(23-15)28-9-27(24,25)26)7-11(13)4-1-10-2-5-12(6-3-10)17(19,20)21/h2-3,5-8H,9H2,(H,22,23)(H2,24,25,26). The minimum Gasteiger partial charge on any atom is -0.333 e. The van der Waals surface area contributed by atoms with Crippen LogP contribution in [0.2, 0.25) is 5.02 Å². The molecule has 0 bridgehead atoms. The number of aromatic nitrogens is 2. The first-order chi connectivity index (χ1) is 13.0. The summed E-state index contributed by atoms with van der Waals surface area (Å²) in [6.07, 6.45) is -4.41. The molecule has 0 fully saturated rings. The van der Waals surface area contributed by atoms with Crippen molar-refractivity contribution >= 4 is 42.0 Å². The molecule has 11 heteroatoms. The zero-order valence-corrected chi connectivity index (χ0v) is 16.3. The predicted molar refractivity (Wildman–Crippen MR) is 101 cm³/mol. The molecule has 0 saturated heterocycles. The van der Waals surface area contributed by atoms with Crippen LogP contribution in [-0.2, 0) is 10.7 Å². The lowest BCUT2D eigenvalue weighted by Crippen LogP contribution is -2.04. The van der Waals surface area contributed by atoms with Crippen molar-refractivity contribution in [3.05, 3.63) is 58.1 Å². The van der Waals surface area contributed by atoms with E-state index in [0.29, 0.717) is 32.3 Å². The smallest absolute Gasteiger partial charge is 0.333 e. The molecule has 0 spiro atoms. The number of hydrogen-bond acceptors (Lipinski definition) is 3. The van der Waals surface area contributed by atoms with Crippen LogP contribution in [0.15, 0.2) is 41.6 Å². The minimum absolute atomic E-state index is 0.307. The Bertz CT molecular complexity index is 1130. The van der Waals surface area contributed by atoms with Gasteiger partial charge in [0.05, 0.1) is 21.6 Å². The summed E-state index contributed by atoms with van der Waals surface area (Å²) in [4.78, 5) is 25.0. The van der Waals surface area contributed by atoms with Crippen LogP contribution in [0.4, 0.5) is 13.2 Å².